The number of benzene rings is 1. The summed E-state index contributed by atoms with van der Waals surface area (Å²) in [6.45, 7) is 0.859. The lowest BCUT2D eigenvalue weighted by molar-refractivity contribution is -0.142. The van der Waals surface area contributed by atoms with E-state index in [1.807, 2.05) is 24.3 Å². The molecule has 118 valence electrons. The molecule has 0 aromatic heterocycles. The average Bonchev–Trinajstić information content (AvgIpc) is 3.08. The Balaban J connectivity index is 1.94. The molecule has 0 N–H and O–H groups in total. The van der Waals surface area contributed by atoms with Crippen LogP contribution in [0.15, 0.2) is 24.3 Å². The van der Waals surface area contributed by atoms with Gasteiger partial charge in [-0.15, -0.1) is 0 Å². The molecule has 2 aliphatic heterocycles. The van der Waals surface area contributed by atoms with Crippen LogP contribution in [0.5, 0.6) is 5.75 Å². The molecule has 2 saturated heterocycles. The van der Waals surface area contributed by atoms with Crippen molar-refractivity contribution in [2.75, 3.05) is 27.4 Å². The smallest absolute Gasteiger partial charge is 0.410 e. The van der Waals surface area contributed by atoms with E-state index in [0.29, 0.717) is 13.2 Å². The van der Waals surface area contributed by atoms with Crippen molar-refractivity contribution in [1.82, 2.24) is 4.90 Å². The van der Waals surface area contributed by atoms with Crippen LogP contribution in [-0.2, 0) is 14.3 Å². The second kappa shape index (κ2) is 5.87. The van der Waals surface area contributed by atoms with E-state index in [-0.39, 0.29) is 36.4 Å². The van der Waals surface area contributed by atoms with Crippen LogP contribution in [0.1, 0.15) is 17.9 Å². The van der Waals surface area contributed by atoms with Crippen LogP contribution in [0, 0.1) is 5.92 Å². The Morgan fingerprint density at radius 3 is 2.86 bits per heavy atom. The minimum atomic E-state index is -0.308. The van der Waals surface area contributed by atoms with E-state index in [1.165, 1.54) is 7.11 Å². The van der Waals surface area contributed by atoms with Crippen molar-refractivity contribution in [3.8, 4) is 5.75 Å². The number of methoxy groups -OCH3 is 2. The molecule has 0 radical (unpaired) electrons. The highest BCUT2D eigenvalue weighted by molar-refractivity contribution is 5.73. The third-order valence-corrected chi connectivity index (χ3v) is 4.59. The third-order valence-electron chi connectivity index (χ3n) is 4.59. The molecule has 22 heavy (non-hydrogen) atoms. The van der Waals surface area contributed by atoms with E-state index in [4.69, 9.17) is 14.2 Å². The largest absolute Gasteiger partial charge is 0.496 e. The molecule has 1 aromatic rings. The Hall–Kier alpha value is -2.24. The number of rotatable bonds is 4. The summed E-state index contributed by atoms with van der Waals surface area (Å²) in [6, 6.07) is 7.64. The van der Waals surface area contributed by atoms with E-state index in [9.17, 15) is 9.59 Å². The Bertz CT molecular complexity index is 588. The fraction of sp³-hybridized carbons (Fsp3) is 0.500. The lowest BCUT2D eigenvalue weighted by Gasteiger charge is -2.22. The highest BCUT2D eigenvalue weighted by Crippen LogP contribution is 2.44. The molecule has 1 amide bonds. The number of nitrogens with zero attached hydrogens (tertiary/aromatic N) is 1. The molecule has 0 bridgehead atoms. The quantitative estimate of drug-likeness (QED) is 0.794. The number of amides is 1. The zero-order valence-electron chi connectivity index (χ0n) is 12.7. The number of ether oxygens (including phenoxy) is 3. The maximum absolute atomic E-state index is 11.8. The van der Waals surface area contributed by atoms with Gasteiger partial charge in [0.15, 0.2) is 0 Å². The van der Waals surface area contributed by atoms with Crippen LogP contribution < -0.4 is 4.74 Å². The minimum absolute atomic E-state index is 0.0322. The van der Waals surface area contributed by atoms with E-state index in [0.717, 1.165) is 11.3 Å². The molecule has 0 saturated carbocycles. The summed E-state index contributed by atoms with van der Waals surface area (Å²) < 4.78 is 15.4. The Morgan fingerprint density at radius 2 is 2.14 bits per heavy atom. The summed E-state index contributed by atoms with van der Waals surface area (Å²) in [5.74, 6) is 0.506. The maximum Gasteiger partial charge on any atom is 0.410 e. The van der Waals surface area contributed by atoms with Crippen molar-refractivity contribution in [1.29, 1.82) is 0 Å². The average molecular weight is 305 g/mol. The van der Waals surface area contributed by atoms with E-state index >= 15 is 0 Å². The number of esters is 1. The summed E-state index contributed by atoms with van der Waals surface area (Å²) in [6.07, 6.45) is -0.0472. The van der Waals surface area contributed by atoms with Gasteiger partial charge < -0.3 is 19.1 Å². The normalized spacial score (nSPS) is 26.5. The molecule has 0 spiro atoms. The number of hydrogen-bond acceptors (Lipinski definition) is 5. The van der Waals surface area contributed by atoms with Crippen molar-refractivity contribution in [3.63, 3.8) is 0 Å². The van der Waals surface area contributed by atoms with Crippen LogP contribution in [-0.4, -0.2) is 50.4 Å². The Morgan fingerprint density at radius 1 is 1.36 bits per heavy atom. The van der Waals surface area contributed by atoms with Crippen molar-refractivity contribution >= 4 is 12.1 Å². The summed E-state index contributed by atoms with van der Waals surface area (Å²) in [5, 5.41) is 0. The second-order valence-corrected chi connectivity index (χ2v) is 5.59. The molecule has 1 aromatic carbocycles. The first-order valence-corrected chi connectivity index (χ1v) is 7.28. The van der Waals surface area contributed by atoms with Crippen molar-refractivity contribution < 1.29 is 23.8 Å². The number of carbonyl (C=O) groups is 2. The van der Waals surface area contributed by atoms with E-state index in [2.05, 4.69) is 0 Å². The van der Waals surface area contributed by atoms with Gasteiger partial charge in [-0.3, -0.25) is 4.79 Å². The molecule has 3 atom stereocenters. The standard InChI is InChI=1S/C16H19NO5/c1-20-14-6-4-3-5-10(14)12-8-17-13(9-22-16(17)19)11(12)7-15(18)21-2/h3-6,11-13H,7-9H2,1-2H3/t11-,12-,13+/m0/s1. The Kier molecular flexibility index (Phi) is 3.92. The van der Waals surface area contributed by atoms with Gasteiger partial charge in [0.05, 0.1) is 26.7 Å². The summed E-state index contributed by atoms with van der Waals surface area (Å²) in [7, 11) is 3.00. The van der Waals surface area contributed by atoms with Gasteiger partial charge in [-0.1, -0.05) is 18.2 Å². The van der Waals surface area contributed by atoms with Crippen LogP contribution in [0.4, 0.5) is 4.79 Å². The maximum atomic E-state index is 11.8. The molecule has 6 heteroatoms. The number of carbonyl (C=O) groups excluding carboxylic acids is 2. The predicted octanol–water partition coefficient (Wildman–Crippen LogP) is 1.79. The number of fused-ring (bicyclic) bond motifs is 1. The zero-order chi connectivity index (χ0) is 15.7. The van der Waals surface area contributed by atoms with Gasteiger partial charge in [0.2, 0.25) is 0 Å². The number of cyclic esters (lactones) is 1. The molecule has 2 aliphatic rings. The molecule has 6 nitrogen and oxygen atoms in total. The van der Waals surface area contributed by atoms with Crippen molar-refractivity contribution in [3.05, 3.63) is 29.8 Å². The van der Waals surface area contributed by atoms with Gasteiger partial charge >= 0.3 is 12.1 Å². The highest BCUT2D eigenvalue weighted by atomic mass is 16.6. The van der Waals surface area contributed by atoms with Gasteiger partial charge in [-0.05, 0) is 11.6 Å². The van der Waals surface area contributed by atoms with Gasteiger partial charge in [0.25, 0.3) is 0 Å². The molecule has 3 rings (SSSR count). The zero-order valence-corrected chi connectivity index (χ0v) is 12.7. The SMILES string of the molecule is COC(=O)C[C@@H]1[C@H]2COC(=O)N2C[C@H]1c1ccccc1OC. The van der Waals surface area contributed by atoms with Crippen LogP contribution in [0.2, 0.25) is 0 Å². The summed E-state index contributed by atoms with van der Waals surface area (Å²) >= 11 is 0. The third kappa shape index (κ3) is 2.38. The lowest BCUT2D eigenvalue weighted by Crippen LogP contribution is -2.31. The first-order valence-electron chi connectivity index (χ1n) is 7.28. The molecular formula is C16H19NO5. The summed E-state index contributed by atoms with van der Waals surface area (Å²) in [5.41, 5.74) is 1.01. The predicted molar refractivity (Wildman–Crippen MR) is 77.7 cm³/mol. The minimum Gasteiger partial charge on any atom is -0.496 e. The molecule has 0 aliphatic carbocycles. The van der Waals surface area contributed by atoms with Gasteiger partial charge in [-0.25, -0.2) is 4.79 Å². The lowest BCUT2D eigenvalue weighted by atomic mass is 9.83. The molecular weight excluding hydrogens is 286 g/mol. The Labute approximate surface area is 128 Å². The van der Waals surface area contributed by atoms with Crippen LogP contribution in [0.3, 0.4) is 0 Å². The van der Waals surface area contributed by atoms with Gasteiger partial charge in [-0.2, -0.15) is 0 Å². The molecule has 2 heterocycles. The van der Waals surface area contributed by atoms with Crippen LogP contribution in [0.25, 0.3) is 0 Å². The van der Waals surface area contributed by atoms with E-state index < -0.39 is 0 Å². The van der Waals surface area contributed by atoms with Crippen LogP contribution >= 0.6 is 0 Å². The van der Waals surface area contributed by atoms with Gasteiger partial charge in [0.1, 0.15) is 12.4 Å². The molecule has 0 unspecified atom stereocenters. The van der Waals surface area contributed by atoms with E-state index in [1.54, 1.807) is 12.0 Å². The first-order chi connectivity index (χ1) is 10.7. The monoisotopic (exact) mass is 305 g/mol. The second-order valence-electron chi connectivity index (χ2n) is 5.59. The highest BCUT2D eigenvalue weighted by Gasteiger charge is 2.50. The fourth-order valence-electron chi connectivity index (χ4n) is 3.50. The first kappa shape index (κ1) is 14.7. The van der Waals surface area contributed by atoms with Crippen molar-refractivity contribution in [2.45, 2.75) is 18.4 Å². The number of hydrogen-bond donors (Lipinski definition) is 0. The number of para-hydroxylation sites is 1. The van der Waals surface area contributed by atoms with Crippen molar-refractivity contribution in [2.24, 2.45) is 5.92 Å². The molecule has 2 fully saturated rings. The topological polar surface area (TPSA) is 65.1 Å². The fourth-order valence-corrected chi connectivity index (χ4v) is 3.50. The van der Waals surface area contributed by atoms with Gasteiger partial charge in [0, 0.05) is 18.4 Å². The summed E-state index contributed by atoms with van der Waals surface area (Å²) in [4.78, 5) is 25.3.